The van der Waals surface area contributed by atoms with Gasteiger partial charge in [-0.15, -0.1) is 0 Å². The second kappa shape index (κ2) is 13.5. The first-order valence-corrected chi connectivity index (χ1v) is 17.8. The molecule has 7 nitrogen and oxygen atoms in total. The molecule has 2 heterocycles. The average Bonchev–Trinajstić information content (AvgIpc) is 3.71. The standard InChI is InChI=1S/C37H33ClF2N2O5S/c1-3-33(43)35-31-20-30(25-7-4-8-26(18-25)37(44)41-16-14-27(22-41)24-6-5-9-28(38)19-24)32(42(17-15-39)48(2,45)46)21-34(31)47-36(35)23-10-12-29(40)13-11-23/h4-13,18-21,27H,3,14-17,22H2,1-2H3. The normalized spacial score (nSPS) is 14.9. The number of ketones is 1. The van der Waals surface area contributed by atoms with Gasteiger partial charge >= 0.3 is 0 Å². The van der Waals surface area contributed by atoms with E-state index in [2.05, 4.69) is 0 Å². The Hall–Kier alpha value is -4.54. The lowest BCUT2D eigenvalue weighted by Crippen LogP contribution is -2.32. The number of carbonyl (C=O) groups is 2. The van der Waals surface area contributed by atoms with Crippen molar-refractivity contribution < 1.29 is 31.2 Å². The summed E-state index contributed by atoms with van der Waals surface area (Å²) in [5.41, 5.74) is 3.38. The molecule has 0 saturated carbocycles. The zero-order valence-corrected chi connectivity index (χ0v) is 28.0. The van der Waals surface area contributed by atoms with Crippen molar-refractivity contribution >= 4 is 50.0 Å². The van der Waals surface area contributed by atoms with Gasteiger partial charge in [-0.3, -0.25) is 13.9 Å². The minimum absolute atomic E-state index is 0.129. The first-order valence-electron chi connectivity index (χ1n) is 15.6. The van der Waals surface area contributed by atoms with E-state index in [9.17, 15) is 26.8 Å². The van der Waals surface area contributed by atoms with Crippen molar-refractivity contribution in [2.45, 2.75) is 25.7 Å². The van der Waals surface area contributed by atoms with E-state index >= 15 is 0 Å². The molecule has 4 aromatic carbocycles. The highest BCUT2D eigenvalue weighted by Gasteiger charge is 2.30. The second-order valence-electron chi connectivity index (χ2n) is 11.9. The fraction of sp³-hybridized carbons (Fsp3) is 0.243. The van der Waals surface area contributed by atoms with E-state index in [0.29, 0.717) is 45.8 Å². The molecule has 1 aromatic heterocycles. The average molecular weight is 691 g/mol. The lowest BCUT2D eigenvalue weighted by atomic mass is 9.95. The van der Waals surface area contributed by atoms with Crippen LogP contribution in [0.5, 0.6) is 0 Å². The zero-order valence-electron chi connectivity index (χ0n) is 26.4. The van der Waals surface area contributed by atoms with Crippen molar-refractivity contribution in [2.75, 3.05) is 36.9 Å². The Bertz CT molecular complexity index is 2130. The summed E-state index contributed by atoms with van der Waals surface area (Å²) < 4.78 is 60.8. The van der Waals surface area contributed by atoms with Gasteiger partial charge in [0.15, 0.2) is 5.78 Å². The third-order valence-corrected chi connectivity index (χ3v) is 10.1. The monoisotopic (exact) mass is 690 g/mol. The van der Waals surface area contributed by atoms with Crippen molar-refractivity contribution in [2.24, 2.45) is 0 Å². The van der Waals surface area contributed by atoms with Crippen LogP contribution in [0.1, 0.15) is 52.0 Å². The molecule has 248 valence electrons. The SMILES string of the molecule is CCC(=O)c1c(-c2ccc(F)cc2)oc2cc(N(CCF)S(C)(=O)=O)c(-c3cccc(C(=O)N4CCC(c5cccc(Cl)c5)C4)c3)cc12. The van der Waals surface area contributed by atoms with Crippen LogP contribution in [-0.4, -0.2) is 57.6 Å². The lowest BCUT2D eigenvalue weighted by Gasteiger charge is -2.24. The van der Waals surface area contributed by atoms with Gasteiger partial charge in [0.25, 0.3) is 5.91 Å². The molecule has 1 saturated heterocycles. The van der Waals surface area contributed by atoms with Gasteiger partial charge in [-0.2, -0.15) is 0 Å². The topological polar surface area (TPSA) is 87.9 Å². The quantitative estimate of drug-likeness (QED) is 0.137. The summed E-state index contributed by atoms with van der Waals surface area (Å²) in [7, 11) is -3.98. The number of furan rings is 1. The largest absolute Gasteiger partial charge is 0.455 e. The first kappa shape index (κ1) is 33.4. The van der Waals surface area contributed by atoms with E-state index in [4.69, 9.17) is 16.0 Å². The number of Topliss-reactive ketones (excluding diaryl/α,β-unsaturated/α-hetero) is 1. The molecular formula is C37H33ClF2N2O5S. The highest BCUT2D eigenvalue weighted by atomic mass is 35.5. The Morgan fingerprint density at radius 3 is 2.44 bits per heavy atom. The van der Waals surface area contributed by atoms with Crippen molar-refractivity contribution in [1.82, 2.24) is 4.90 Å². The number of benzene rings is 4. The van der Waals surface area contributed by atoms with Gasteiger partial charge in [-0.1, -0.05) is 42.8 Å². The first-order chi connectivity index (χ1) is 23.0. The number of alkyl halides is 1. The van der Waals surface area contributed by atoms with Gasteiger partial charge in [0, 0.05) is 58.6 Å². The molecule has 5 aromatic rings. The molecule has 1 unspecified atom stereocenters. The zero-order chi connectivity index (χ0) is 34.2. The second-order valence-corrected chi connectivity index (χ2v) is 14.2. The third-order valence-electron chi connectivity index (χ3n) is 8.69. The van der Waals surface area contributed by atoms with Gasteiger partial charge in [-0.05, 0) is 72.1 Å². The number of sulfonamides is 1. The molecule has 0 spiro atoms. The van der Waals surface area contributed by atoms with Crippen molar-refractivity contribution in [3.05, 3.63) is 112 Å². The molecule has 1 aliphatic heterocycles. The van der Waals surface area contributed by atoms with E-state index in [1.165, 1.54) is 30.3 Å². The summed E-state index contributed by atoms with van der Waals surface area (Å²) in [6.07, 6.45) is 1.91. The van der Waals surface area contributed by atoms with Gasteiger partial charge in [-0.25, -0.2) is 17.2 Å². The van der Waals surface area contributed by atoms with Gasteiger partial charge in [0.2, 0.25) is 10.0 Å². The smallest absolute Gasteiger partial charge is 0.253 e. The van der Waals surface area contributed by atoms with E-state index in [0.717, 1.165) is 22.5 Å². The number of likely N-dealkylation sites (tertiary alicyclic amines) is 1. The number of nitrogens with zero attached hydrogens (tertiary/aromatic N) is 2. The molecular weight excluding hydrogens is 658 g/mol. The van der Waals surface area contributed by atoms with E-state index in [1.54, 1.807) is 42.2 Å². The molecule has 0 aliphatic carbocycles. The van der Waals surface area contributed by atoms with Crippen LogP contribution in [0.15, 0.2) is 89.3 Å². The number of hydrogen-bond acceptors (Lipinski definition) is 5. The predicted molar refractivity (Wildman–Crippen MR) is 185 cm³/mol. The van der Waals surface area contributed by atoms with Gasteiger partial charge in [0.05, 0.1) is 24.1 Å². The third kappa shape index (κ3) is 6.59. The van der Waals surface area contributed by atoms with Crippen LogP contribution in [0.25, 0.3) is 33.4 Å². The van der Waals surface area contributed by atoms with Crippen LogP contribution < -0.4 is 4.31 Å². The Labute approximate surface area is 282 Å². The molecule has 1 aliphatic rings. The fourth-order valence-corrected chi connectivity index (χ4v) is 7.46. The molecule has 6 rings (SSSR count). The number of amides is 1. The van der Waals surface area contributed by atoms with Gasteiger partial charge < -0.3 is 9.32 Å². The predicted octanol–water partition coefficient (Wildman–Crippen LogP) is 8.52. The molecule has 1 fully saturated rings. The van der Waals surface area contributed by atoms with Crippen LogP contribution in [0.2, 0.25) is 5.02 Å². The number of fused-ring (bicyclic) bond motifs is 1. The number of anilines is 1. The van der Waals surface area contributed by atoms with Crippen molar-refractivity contribution in [3.63, 3.8) is 0 Å². The van der Waals surface area contributed by atoms with E-state index in [-0.39, 0.29) is 46.6 Å². The number of carbonyl (C=O) groups excluding carboxylic acids is 2. The minimum Gasteiger partial charge on any atom is -0.455 e. The maximum Gasteiger partial charge on any atom is 0.253 e. The molecule has 11 heteroatoms. The summed E-state index contributed by atoms with van der Waals surface area (Å²) in [6, 6.07) is 23.1. The Kier molecular flexibility index (Phi) is 9.40. The lowest BCUT2D eigenvalue weighted by molar-refractivity contribution is 0.0790. The Balaban J connectivity index is 1.48. The molecule has 1 atom stereocenters. The Morgan fingerprint density at radius 2 is 1.75 bits per heavy atom. The van der Waals surface area contributed by atoms with Crippen LogP contribution >= 0.6 is 11.6 Å². The Morgan fingerprint density at radius 1 is 1.00 bits per heavy atom. The van der Waals surface area contributed by atoms with Crippen molar-refractivity contribution in [3.8, 4) is 22.5 Å². The molecule has 0 N–H and O–H groups in total. The van der Waals surface area contributed by atoms with E-state index < -0.39 is 29.1 Å². The molecule has 0 bridgehead atoms. The summed E-state index contributed by atoms with van der Waals surface area (Å²) in [5.74, 6) is -0.524. The number of hydrogen-bond donors (Lipinski definition) is 0. The van der Waals surface area contributed by atoms with Crippen LogP contribution in [-0.2, 0) is 10.0 Å². The summed E-state index contributed by atoms with van der Waals surface area (Å²) in [6.45, 7) is 1.37. The van der Waals surface area contributed by atoms with Crippen LogP contribution in [0.4, 0.5) is 14.5 Å². The van der Waals surface area contributed by atoms with Gasteiger partial charge in [0.1, 0.15) is 23.8 Å². The number of rotatable bonds is 10. The highest BCUT2D eigenvalue weighted by molar-refractivity contribution is 7.92. The van der Waals surface area contributed by atoms with Crippen LogP contribution in [0, 0.1) is 5.82 Å². The highest BCUT2D eigenvalue weighted by Crippen LogP contribution is 2.42. The fourth-order valence-electron chi connectivity index (χ4n) is 6.35. The summed E-state index contributed by atoms with van der Waals surface area (Å²) >= 11 is 6.21. The van der Waals surface area contributed by atoms with E-state index in [1.807, 2.05) is 24.3 Å². The van der Waals surface area contributed by atoms with Crippen LogP contribution in [0.3, 0.4) is 0 Å². The minimum atomic E-state index is -3.98. The van der Waals surface area contributed by atoms with Crippen molar-refractivity contribution in [1.29, 1.82) is 0 Å². The summed E-state index contributed by atoms with van der Waals surface area (Å²) in [5, 5.41) is 1.05. The molecule has 1 amide bonds. The molecule has 48 heavy (non-hydrogen) atoms. The maximum absolute atomic E-state index is 13.8. The summed E-state index contributed by atoms with van der Waals surface area (Å²) in [4.78, 5) is 28.9. The number of halogens is 3. The molecule has 0 radical (unpaired) electrons. The maximum atomic E-state index is 13.8.